The summed E-state index contributed by atoms with van der Waals surface area (Å²) >= 11 is 1.51. The van der Waals surface area contributed by atoms with Gasteiger partial charge in [-0.2, -0.15) is 9.61 Å². The Bertz CT molecular complexity index is 663. The normalized spacial score (nSPS) is 20.6. The monoisotopic (exact) mass is 292 g/mol. The van der Waals surface area contributed by atoms with Crippen LogP contribution in [0.15, 0.2) is 10.9 Å². The Morgan fingerprint density at radius 3 is 3.10 bits per heavy atom. The third kappa shape index (κ3) is 2.76. The summed E-state index contributed by atoms with van der Waals surface area (Å²) in [6.45, 7) is 7.31. The molecule has 20 heavy (non-hydrogen) atoms. The van der Waals surface area contributed by atoms with Crippen LogP contribution in [0.3, 0.4) is 0 Å². The van der Waals surface area contributed by atoms with Gasteiger partial charge >= 0.3 is 0 Å². The van der Waals surface area contributed by atoms with Crippen LogP contribution in [0.2, 0.25) is 0 Å². The van der Waals surface area contributed by atoms with E-state index >= 15 is 0 Å². The Morgan fingerprint density at radius 1 is 1.50 bits per heavy atom. The van der Waals surface area contributed by atoms with E-state index in [1.54, 1.807) is 6.07 Å². The van der Waals surface area contributed by atoms with Gasteiger partial charge in [0.15, 0.2) is 0 Å². The van der Waals surface area contributed by atoms with E-state index in [1.165, 1.54) is 28.7 Å². The van der Waals surface area contributed by atoms with Gasteiger partial charge in [-0.05, 0) is 31.7 Å². The minimum Gasteiger partial charge on any atom is -0.297 e. The van der Waals surface area contributed by atoms with Crippen LogP contribution in [0, 0.1) is 5.92 Å². The Balaban J connectivity index is 1.86. The van der Waals surface area contributed by atoms with Crippen molar-refractivity contribution in [2.24, 2.45) is 5.92 Å². The van der Waals surface area contributed by atoms with Crippen molar-refractivity contribution < 1.29 is 0 Å². The number of rotatable bonds is 3. The van der Waals surface area contributed by atoms with E-state index in [1.807, 2.05) is 6.92 Å². The van der Waals surface area contributed by atoms with Crippen LogP contribution in [0.5, 0.6) is 0 Å². The molecule has 3 rings (SSSR count). The van der Waals surface area contributed by atoms with Crippen molar-refractivity contribution in [2.75, 3.05) is 13.1 Å². The molecule has 1 unspecified atom stereocenters. The quantitative estimate of drug-likeness (QED) is 0.867. The first-order valence-corrected chi connectivity index (χ1v) is 8.08. The Morgan fingerprint density at radius 2 is 2.35 bits per heavy atom. The summed E-state index contributed by atoms with van der Waals surface area (Å²) in [5.74, 6) is 0.740. The molecular weight excluding hydrogens is 272 g/mol. The summed E-state index contributed by atoms with van der Waals surface area (Å²) in [6.07, 6.45) is 3.38. The second kappa shape index (κ2) is 5.61. The van der Waals surface area contributed by atoms with E-state index in [9.17, 15) is 4.79 Å². The number of likely N-dealkylation sites (tertiary alicyclic amines) is 1. The topological polar surface area (TPSA) is 50.5 Å². The van der Waals surface area contributed by atoms with Crippen molar-refractivity contribution in [3.8, 4) is 0 Å². The lowest BCUT2D eigenvalue weighted by Gasteiger charge is -2.30. The van der Waals surface area contributed by atoms with Crippen LogP contribution < -0.4 is 5.56 Å². The van der Waals surface area contributed by atoms with Crippen molar-refractivity contribution in [2.45, 2.75) is 39.7 Å². The summed E-state index contributed by atoms with van der Waals surface area (Å²) in [5, 5.41) is 5.23. The van der Waals surface area contributed by atoms with Gasteiger partial charge in [0, 0.05) is 19.2 Å². The molecule has 1 atom stereocenters. The molecule has 6 heteroatoms. The highest BCUT2D eigenvalue weighted by Gasteiger charge is 2.17. The predicted molar refractivity (Wildman–Crippen MR) is 80.2 cm³/mol. The molecule has 2 aromatic heterocycles. The Hall–Kier alpha value is -1.27. The van der Waals surface area contributed by atoms with E-state index < -0.39 is 0 Å². The maximum absolute atomic E-state index is 12.1. The van der Waals surface area contributed by atoms with Crippen LogP contribution in [0.1, 0.15) is 37.4 Å². The SMILES string of the molecule is CCc1nn2c(=O)cc(CN3CCCC(C)C3)nc2s1. The number of nitrogens with zero attached hydrogens (tertiary/aromatic N) is 4. The lowest BCUT2D eigenvalue weighted by molar-refractivity contribution is 0.175. The van der Waals surface area contributed by atoms with Crippen molar-refractivity contribution in [3.05, 3.63) is 27.1 Å². The van der Waals surface area contributed by atoms with Gasteiger partial charge in [-0.3, -0.25) is 9.69 Å². The van der Waals surface area contributed by atoms with Gasteiger partial charge in [0.2, 0.25) is 4.96 Å². The largest absolute Gasteiger partial charge is 0.297 e. The molecule has 0 aliphatic carbocycles. The summed E-state index contributed by atoms with van der Waals surface area (Å²) in [7, 11) is 0. The predicted octanol–water partition coefficient (Wildman–Crippen LogP) is 1.95. The number of hydrogen-bond acceptors (Lipinski definition) is 5. The molecule has 0 saturated carbocycles. The number of hydrogen-bond donors (Lipinski definition) is 0. The molecule has 0 N–H and O–H groups in total. The minimum absolute atomic E-state index is 0.0639. The average molecular weight is 292 g/mol. The molecule has 2 aromatic rings. The number of piperidine rings is 1. The molecule has 1 aliphatic rings. The van der Waals surface area contributed by atoms with Crippen molar-refractivity contribution in [1.29, 1.82) is 0 Å². The van der Waals surface area contributed by atoms with Crippen molar-refractivity contribution in [3.63, 3.8) is 0 Å². The van der Waals surface area contributed by atoms with Gasteiger partial charge in [-0.1, -0.05) is 25.2 Å². The fraction of sp³-hybridized carbons (Fsp3) is 0.643. The summed E-state index contributed by atoms with van der Waals surface area (Å²) in [5.41, 5.74) is 0.807. The molecule has 0 radical (unpaired) electrons. The molecule has 3 heterocycles. The van der Waals surface area contributed by atoms with Crippen LogP contribution in [0.25, 0.3) is 4.96 Å². The van der Waals surface area contributed by atoms with Crippen LogP contribution in [0.4, 0.5) is 0 Å². The molecule has 0 spiro atoms. The number of fused-ring (bicyclic) bond motifs is 1. The highest BCUT2D eigenvalue weighted by atomic mass is 32.1. The zero-order chi connectivity index (χ0) is 14.1. The molecular formula is C14H20N4OS. The highest BCUT2D eigenvalue weighted by Crippen LogP contribution is 2.18. The lowest BCUT2D eigenvalue weighted by Crippen LogP contribution is -2.34. The highest BCUT2D eigenvalue weighted by molar-refractivity contribution is 7.16. The average Bonchev–Trinajstić information content (AvgIpc) is 2.82. The van der Waals surface area contributed by atoms with E-state index in [0.29, 0.717) is 0 Å². The molecule has 0 amide bonds. The second-order valence-corrected chi connectivity index (χ2v) is 6.65. The number of aryl methyl sites for hydroxylation is 1. The molecule has 1 fully saturated rings. The first-order chi connectivity index (χ1) is 9.65. The lowest BCUT2D eigenvalue weighted by atomic mass is 10.0. The van der Waals surface area contributed by atoms with Gasteiger partial charge in [-0.15, -0.1) is 0 Å². The minimum atomic E-state index is -0.0639. The van der Waals surface area contributed by atoms with Crippen LogP contribution in [-0.2, 0) is 13.0 Å². The van der Waals surface area contributed by atoms with Crippen molar-refractivity contribution in [1.82, 2.24) is 19.5 Å². The fourth-order valence-electron chi connectivity index (χ4n) is 2.78. The Labute approximate surface area is 122 Å². The van der Waals surface area contributed by atoms with Gasteiger partial charge in [0.25, 0.3) is 5.56 Å². The first kappa shape index (κ1) is 13.7. The molecule has 0 aromatic carbocycles. The summed E-state index contributed by atoms with van der Waals surface area (Å²) in [6, 6.07) is 1.63. The van der Waals surface area contributed by atoms with E-state index in [-0.39, 0.29) is 5.56 Å². The fourth-order valence-corrected chi connectivity index (χ4v) is 3.64. The smallest absolute Gasteiger partial charge is 0.275 e. The second-order valence-electron chi connectivity index (χ2n) is 5.61. The van der Waals surface area contributed by atoms with E-state index in [2.05, 4.69) is 21.9 Å². The van der Waals surface area contributed by atoms with Gasteiger partial charge in [-0.25, -0.2) is 4.98 Å². The molecule has 0 bridgehead atoms. The summed E-state index contributed by atoms with van der Waals surface area (Å²) < 4.78 is 1.42. The standard InChI is InChI=1S/C14H20N4OS/c1-3-12-16-18-13(19)7-11(15-14(18)20-12)9-17-6-4-5-10(2)8-17/h7,10H,3-6,8-9H2,1-2H3. The van der Waals surface area contributed by atoms with E-state index in [0.717, 1.165) is 47.6 Å². The number of aromatic nitrogens is 3. The van der Waals surface area contributed by atoms with E-state index in [4.69, 9.17) is 0 Å². The first-order valence-electron chi connectivity index (χ1n) is 7.26. The maximum Gasteiger partial charge on any atom is 0.275 e. The summed E-state index contributed by atoms with van der Waals surface area (Å²) in [4.78, 5) is 19.8. The van der Waals surface area contributed by atoms with Gasteiger partial charge in [0.05, 0.1) is 5.69 Å². The molecule has 5 nitrogen and oxygen atoms in total. The van der Waals surface area contributed by atoms with Crippen LogP contribution >= 0.6 is 11.3 Å². The zero-order valence-electron chi connectivity index (χ0n) is 12.0. The third-order valence-electron chi connectivity index (χ3n) is 3.77. The molecule has 1 aliphatic heterocycles. The van der Waals surface area contributed by atoms with Gasteiger partial charge < -0.3 is 0 Å². The molecule has 1 saturated heterocycles. The Kier molecular flexibility index (Phi) is 3.85. The third-order valence-corrected chi connectivity index (χ3v) is 4.82. The van der Waals surface area contributed by atoms with Crippen LogP contribution in [-0.4, -0.2) is 32.6 Å². The van der Waals surface area contributed by atoms with Gasteiger partial charge in [0.1, 0.15) is 5.01 Å². The zero-order valence-corrected chi connectivity index (χ0v) is 12.8. The maximum atomic E-state index is 12.1. The molecule has 108 valence electrons. The van der Waals surface area contributed by atoms with Crippen molar-refractivity contribution >= 4 is 16.3 Å².